The maximum atomic E-state index is 6.21. The minimum Gasteiger partial charge on any atom is -0.265 e. The van der Waals surface area contributed by atoms with Crippen molar-refractivity contribution in [3.63, 3.8) is 0 Å². The summed E-state index contributed by atoms with van der Waals surface area (Å²) in [4.78, 5) is 0. The van der Waals surface area contributed by atoms with E-state index in [2.05, 4.69) is 42.1 Å². The van der Waals surface area contributed by atoms with E-state index in [1.165, 1.54) is 0 Å². The van der Waals surface area contributed by atoms with E-state index in [0.29, 0.717) is 11.1 Å². The predicted molar refractivity (Wildman–Crippen MR) is 87.2 cm³/mol. The molecule has 6 heteroatoms. The Labute approximate surface area is 137 Å². The van der Waals surface area contributed by atoms with Gasteiger partial charge in [0.25, 0.3) is 0 Å². The highest BCUT2D eigenvalue weighted by molar-refractivity contribution is 9.11. The molecule has 0 bridgehead atoms. The Kier molecular flexibility index (Phi) is 3.92. The van der Waals surface area contributed by atoms with E-state index in [1.54, 1.807) is 0 Å². The van der Waals surface area contributed by atoms with Gasteiger partial charge in [0.2, 0.25) is 5.28 Å². The molecule has 0 amide bonds. The molecule has 2 aromatic carbocycles. The minimum absolute atomic E-state index is 0.322. The quantitative estimate of drug-likeness (QED) is 0.584. The fraction of sp³-hybridized carbons (Fsp3) is 0. The lowest BCUT2D eigenvalue weighted by molar-refractivity contribution is 1.05. The SMILES string of the molecule is Clc1nnc(-c2ccccc2)n1-c1cc(Br)ccc1Br. The summed E-state index contributed by atoms with van der Waals surface area (Å²) in [5.41, 5.74) is 1.84. The van der Waals surface area contributed by atoms with Gasteiger partial charge in [0, 0.05) is 14.5 Å². The number of aromatic nitrogens is 3. The minimum atomic E-state index is 0.322. The fourth-order valence-electron chi connectivity index (χ4n) is 1.91. The second kappa shape index (κ2) is 5.68. The smallest absolute Gasteiger partial charge is 0.229 e. The van der Waals surface area contributed by atoms with Gasteiger partial charge in [0.05, 0.1) is 5.69 Å². The van der Waals surface area contributed by atoms with Crippen molar-refractivity contribution in [1.29, 1.82) is 0 Å². The number of nitrogens with zero attached hydrogens (tertiary/aromatic N) is 3. The Bertz CT molecular complexity index is 756. The van der Waals surface area contributed by atoms with Gasteiger partial charge in [0.15, 0.2) is 5.82 Å². The average molecular weight is 414 g/mol. The van der Waals surface area contributed by atoms with E-state index in [9.17, 15) is 0 Å². The maximum absolute atomic E-state index is 6.21. The molecule has 3 rings (SSSR count). The molecule has 3 aromatic rings. The van der Waals surface area contributed by atoms with Gasteiger partial charge in [-0.05, 0) is 45.7 Å². The molecular formula is C14H8Br2ClN3. The summed E-state index contributed by atoms with van der Waals surface area (Å²) in [7, 11) is 0. The van der Waals surface area contributed by atoms with Crippen LogP contribution in [0.4, 0.5) is 0 Å². The predicted octanol–water partition coefficient (Wildman–Crippen LogP) is 5.11. The van der Waals surface area contributed by atoms with Gasteiger partial charge < -0.3 is 0 Å². The van der Waals surface area contributed by atoms with Crippen LogP contribution in [-0.2, 0) is 0 Å². The molecule has 1 heterocycles. The van der Waals surface area contributed by atoms with Gasteiger partial charge in [0.1, 0.15) is 0 Å². The average Bonchev–Trinajstić information content (AvgIpc) is 2.84. The van der Waals surface area contributed by atoms with Crippen LogP contribution in [0.15, 0.2) is 57.5 Å². The van der Waals surface area contributed by atoms with Crippen LogP contribution >= 0.6 is 43.5 Å². The van der Waals surface area contributed by atoms with Gasteiger partial charge >= 0.3 is 0 Å². The third-order valence-electron chi connectivity index (χ3n) is 2.80. The molecule has 100 valence electrons. The van der Waals surface area contributed by atoms with Crippen LogP contribution in [0.2, 0.25) is 5.28 Å². The van der Waals surface area contributed by atoms with E-state index in [-0.39, 0.29) is 0 Å². The first-order chi connectivity index (χ1) is 9.66. The van der Waals surface area contributed by atoms with Gasteiger partial charge in [-0.15, -0.1) is 10.2 Å². The molecule has 0 aliphatic rings. The van der Waals surface area contributed by atoms with Crippen molar-refractivity contribution >= 4 is 43.5 Å². The van der Waals surface area contributed by atoms with Crippen molar-refractivity contribution in [2.24, 2.45) is 0 Å². The second-order valence-corrected chi connectivity index (χ2v) is 6.20. The molecule has 0 fully saturated rings. The summed E-state index contributed by atoms with van der Waals surface area (Å²) in [6.45, 7) is 0. The molecule has 0 spiro atoms. The first-order valence-corrected chi connectivity index (χ1v) is 7.75. The Hall–Kier alpha value is -1.17. The summed E-state index contributed by atoms with van der Waals surface area (Å²) < 4.78 is 3.69. The fourth-order valence-corrected chi connectivity index (χ4v) is 2.89. The van der Waals surface area contributed by atoms with Crippen molar-refractivity contribution in [2.75, 3.05) is 0 Å². The molecule has 0 saturated carbocycles. The van der Waals surface area contributed by atoms with Crippen molar-refractivity contribution in [2.45, 2.75) is 0 Å². The van der Waals surface area contributed by atoms with Crippen molar-refractivity contribution in [3.8, 4) is 17.1 Å². The molecule has 0 saturated heterocycles. The molecule has 1 aromatic heterocycles. The molecule has 0 aliphatic carbocycles. The second-order valence-electron chi connectivity index (χ2n) is 4.09. The summed E-state index contributed by atoms with van der Waals surface area (Å²) in [6.07, 6.45) is 0. The number of halogens is 3. The first kappa shape index (κ1) is 13.8. The zero-order valence-corrected chi connectivity index (χ0v) is 14.0. The van der Waals surface area contributed by atoms with Gasteiger partial charge in [-0.3, -0.25) is 4.57 Å². The van der Waals surface area contributed by atoms with Crippen molar-refractivity contribution in [3.05, 3.63) is 62.8 Å². The van der Waals surface area contributed by atoms with Gasteiger partial charge in [-0.25, -0.2) is 0 Å². The number of rotatable bonds is 2. The van der Waals surface area contributed by atoms with Crippen LogP contribution in [0.1, 0.15) is 0 Å². The largest absolute Gasteiger partial charge is 0.265 e. The summed E-state index contributed by atoms with van der Waals surface area (Å²) in [6, 6.07) is 15.7. The topological polar surface area (TPSA) is 30.7 Å². The van der Waals surface area contributed by atoms with E-state index < -0.39 is 0 Å². The molecule has 20 heavy (non-hydrogen) atoms. The Morgan fingerprint density at radius 3 is 2.45 bits per heavy atom. The zero-order chi connectivity index (χ0) is 14.1. The van der Waals surface area contributed by atoms with Crippen molar-refractivity contribution < 1.29 is 0 Å². The Balaban J connectivity index is 2.24. The van der Waals surface area contributed by atoms with Gasteiger partial charge in [-0.2, -0.15) is 0 Å². The Morgan fingerprint density at radius 1 is 0.950 bits per heavy atom. The van der Waals surface area contributed by atoms with E-state index >= 15 is 0 Å². The van der Waals surface area contributed by atoms with Crippen LogP contribution in [-0.4, -0.2) is 14.8 Å². The highest BCUT2D eigenvalue weighted by Crippen LogP contribution is 2.31. The molecule has 0 atom stereocenters. The molecule has 0 N–H and O–H groups in total. The maximum Gasteiger partial charge on any atom is 0.229 e. The molecule has 3 nitrogen and oxygen atoms in total. The van der Waals surface area contributed by atoms with Crippen LogP contribution in [0.5, 0.6) is 0 Å². The van der Waals surface area contributed by atoms with Crippen LogP contribution in [0.3, 0.4) is 0 Å². The van der Waals surface area contributed by atoms with Crippen LogP contribution in [0, 0.1) is 0 Å². The monoisotopic (exact) mass is 411 g/mol. The molecule has 0 radical (unpaired) electrons. The van der Waals surface area contributed by atoms with Crippen molar-refractivity contribution in [1.82, 2.24) is 14.8 Å². The number of benzene rings is 2. The zero-order valence-electron chi connectivity index (χ0n) is 10.1. The first-order valence-electron chi connectivity index (χ1n) is 5.78. The Morgan fingerprint density at radius 2 is 1.70 bits per heavy atom. The molecule has 0 unspecified atom stereocenters. The highest BCUT2D eigenvalue weighted by atomic mass is 79.9. The number of hydrogen-bond donors (Lipinski definition) is 0. The lowest BCUT2D eigenvalue weighted by Gasteiger charge is -2.10. The lowest BCUT2D eigenvalue weighted by atomic mass is 10.2. The van der Waals surface area contributed by atoms with Crippen LogP contribution < -0.4 is 0 Å². The van der Waals surface area contributed by atoms with E-state index in [1.807, 2.05) is 53.1 Å². The number of hydrogen-bond acceptors (Lipinski definition) is 2. The van der Waals surface area contributed by atoms with Crippen LogP contribution in [0.25, 0.3) is 17.1 Å². The lowest BCUT2D eigenvalue weighted by Crippen LogP contribution is -1.99. The third kappa shape index (κ3) is 2.53. The molecular weight excluding hydrogens is 405 g/mol. The van der Waals surface area contributed by atoms with Gasteiger partial charge in [-0.1, -0.05) is 46.3 Å². The summed E-state index contributed by atoms with van der Waals surface area (Å²) >= 11 is 13.2. The standard InChI is InChI=1S/C14H8Br2ClN3/c15-10-6-7-11(16)12(8-10)20-13(18-19-14(20)17)9-4-2-1-3-5-9/h1-8H. The van der Waals surface area contributed by atoms with E-state index in [0.717, 1.165) is 20.2 Å². The normalized spacial score (nSPS) is 10.8. The molecule has 0 aliphatic heterocycles. The highest BCUT2D eigenvalue weighted by Gasteiger charge is 2.16. The summed E-state index contributed by atoms with van der Waals surface area (Å²) in [5, 5.41) is 8.48. The van der Waals surface area contributed by atoms with E-state index in [4.69, 9.17) is 11.6 Å². The third-order valence-corrected chi connectivity index (χ3v) is 4.21. The summed E-state index contributed by atoms with van der Waals surface area (Å²) in [5.74, 6) is 0.703.